The first-order chi connectivity index (χ1) is 12.3. The second-order valence-electron chi connectivity index (χ2n) is 7.33. The second-order valence-corrected chi connectivity index (χ2v) is 8.31. The highest BCUT2D eigenvalue weighted by atomic mass is 32.1. The van der Waals surface area contributed by atoms with E-state index < -0.39 is 0 Å². The molecule has 0 bridgehead atoms. The molecule has 134 valence electrons. The average molecular weight is 359 g/mol. The Bertz CT molecular complexity index is 682. The van der Waals surface area contributed by atoms with Crippen LogP contribution in [0, 0.1) is 5.41 Å². The number of piperidine rings is 1. The van der Waals surface area contributed by atoms with Crippen LogP contribution in [0.2, 0.25) is 0 Å². The van der Waals surface area contributed by atoms with Gasteiger partial charge in [-0.05, 0) is 50.4 Å². The molecule has 0 aliphatic carbocycles. The van der Waals surface area contributed by atoms with Gasteiger partial charge in [-0.25, -0.2) is 9.97 Å². The highest BCUT2D eigenvalue weighted by molar-refractivity contribution is 7.09. The van der Waals surface area contributed by atoms with Crippen molar-refractivity contribution in [2.45, 2.75) is 32.4 Å². The molecule has 0 saturated carbocycles. The van der Waals surface area contributed by atoms with Crippen molar-refractivity contribution < 1.29 is 4.74 Å². The summed E-state index contributed by atoms with van der Waals surface area (Å²) in [6.45, 7) is 6.75. The van der Waals surface area contributed by atoms with Crippen LogP contribution in [-0.4, -0.2) is 53.1 Å². The molecule has 25 heavy (non-hydrogen) atoms. The largest absolute Gasteiger partial charge is 0.481 e. The lowest BCUT2D eigenvalue weighted by Crippen LogP contribution is -2.41. The summed E-state index contributed by atoms with van der Waals surface area (Å²) in [5, 5.41) is 3.32. The summed E-state index contributed by atoms with van der Waals surface area (Å²) in [7, 11) is 1.70. The molecular formula is C19H26N4OS. The standard InChI is InChI=1S/C19H26N4OS/c1-24-18-16(3-2-7-21-18)13-22-9-4-19(5-10-22)6-11-23(15-19)14-17-20-8-12-25-17/h2-3,7-8,12H,4-6,9-11,13-15H2,1H3. The molecule has 6 heteroatoms. The van der Waals surface area contributed by atoms with Crippen molar-refractivity contribution >= 4 is 11.3 Å². The van der Waals surface area contributed by atoms with Crippen molar-refractivity contribution in [3.63, 3.8) is 0 Å². The van der Waals surface area contributed by atoms with Crippen molar-refractivity contribution in [3.05, 3.63) is 40.5 Å². The predicted octanol–water partition coefficient (Wildman–Crippen LogP) is 3.03. The summed E-state index contributed by atoms with van der Waals surface area (Å²) < 4.78 is 5.39. The summed E-state index contributed by atoms with van der Waals surface area (Å²) in [5.41, 5.74) is 1.71. The number of methoxy groups -OCH3 is 1. The fraction of sp³-hybridized carbons (Fsp3) is 0.579. The van der Waals surface area contributed by atoms with Crippen molar-refractivity contribution in [1.29, 1.82) is 0 Å². The van der Waals surface area contributed by atoms with Gasteiger partial charge in [0.15, 0.2) is 0 Å². The van der Waals surface area contributed by atoms with E-state index in [0.717, 1.165) is 19.0 Å². The minimum atomic E-state index is 0.521. The Morgan fingerprint density at radius 2 is 1.88 bits per heavy atom. The van der Waals surface area contributed by atoms with E-state index in [-0.39, 0.29) is 0 Å². The van der Waals surface area contributed by atoms with E-state index >= 15 is 0 Å². The van der Waals surface area contributed by atoms with Crippen LogP contribution in [0.1, 0.15) is 29.8 Å². The molecule has 2 aromatic heterocycles. The van der Waals surface area contributed by atoms with Crippen LogP contribution < -0.4 is 4.74 Å². The fourth-order valence-corrected chi connectivity index (χ4v) is 4.91. The van der Waals surface area contributed by atoms with Gasteiger partial charge in [-0.2, -0.15) is 0 Å². The van der Waals surface area contributed by atoms with Gasteiger partial charge in [-0.1, -0.05) is 6.07 Å². The molecule has 2 aliphatic heterocycles. The third-order valence-corrected chi connectivity index (χ3v) is 6.48. The second kappa shape index (κ2) is 7.40. The van der Waals surface area contributed by atoms with Gasteiger partial charge in [0, 0.05) is 36.4 Å². The molecule has 2 saturated heterocycles. The first-order valence-electron chi connectivity index (χ1n) is 9.07. The Morgan fingerprint density at radius 3 is 2.60 bits per heavy atom. The van der Waals surface area contributed by atoms with Crippen LogP contribution >= 0.6 is 11.3 Å². The summed E-state index contributed by atoms with van der Waals surface area (Å²) in [4.78, 5) is 13.9. The summed E-state index contributed by atoms with van der Waals surface area (Å²) in [5.74, 6) is 0.762. The molecule has 2 fully saturated rings. The molecule has 5 nitrogen and oxygen atoms in total. The van der Waals surface area contributed by atoms with E-state index in [1.807, 2.05) is 12.3 Å². The highest BCUT2D eigenvalue weighted by Gasteiger charge is 2.40. The van der Waals surface area contributed by atoms with Crippen LogP contribution in [-0.2, 0) is 13.1 Å². The SMILES string of the molecule is COc1ncccc1CN1CCC2(CC1)CCN(Cc1nccs1)C2. The number of rotatable bonds is 5. The minimum Gasteiger partial charge on any atom is -0.481 e. The number of aromatic nitrogens is 2. The van der Waals surface area contributed by atoms with Crippen molar-refractivity contribution in [2.24, 2.45) is 5.41 Å². The summed E-state index contributed by atoms with van der Waals surface area (Å²) in [6.07, 6.45) is 7.64. The molecule has 0 N–H and O–H groups in total. The van der Waals surface area contributed by atoms with Crippen molar-refractivity contribution in [3.8, 4) is 5.88 Å². The topological polar surface area (TPSA) is 41.5 Å². The molecule has 2 aliphatic rings. The molecule has 0 amide bonds. The van der Waals surface area contributed by atoms with Crippen LogP contribution in [0.15, 0.2) is 29.9 Å². The van der Waals surface area contributed by atoms with Crippen LogP contribution in [0.3, 0.4) is 0 Å². The number of thiazole rings is 1. The number of ether oxygens (including phenoxy) is 1. The van der Waals surface area contributed by atoms with Crippen molar-refractivity contribution in [1.82, 2.24) is 19.8 Å². The molecule has 1 spiro atoms. The smallest absolute Gasteiger partial charge is 0.217 e. The minimum absolute atomic E-state index is 0.521. The molecular weight excluding hydrogens is 332 g/mol. The quantitative estimate of drug-likeness (QED) is 0.822. The zero-order valence-electron chi connectivity index (χ0n) is 14.9. The van der Waals surface area contributed by atoms with Gasteiger partial charge < -0.3 is 4.74 Å². The third kappa shape index (κ3) is 3.86. The monoisotopic (exact) mass is 358 g/mol. The lowest BCUT2D eigenvalue weighted by Gasteiger charge is -2.39. The van der Waals surface area contributed by atoms with Gasteiger partial charge in [0.25, 0.3) is 0 Å². The van der Waals surface area contributed by atoms with E-state index in [1.54, 1.807) is 24.6 Å². The molecule has 0 radical (unpaired) electrons. The summed E-state index contributed by atoms with van der Waals surface area (Å²) >= 11 is 1.77. The van der Waals surface area contributed by atoms with Gasteiger partial charge in [-0.3, -0.25) is 9.80 Å². The number of hydrogen-bond donors (Lipinski definition) is 0. The highest BCUT2D eigenvalue weighted by Crippen LogP contribution is 2.41. The molecule has 2 aromatic rings. The van der Waals surface area contributed by atoms with Crippen LogP contribution in [0.4, 0.5) is 0 Å². The number of nitrogens with zero attached hydrogens (tertiary/aromatic N) is 4. The van der Waals surface area contributed by atoms with Crippen molar-refractivity contribution in [2.75, 3.05) is 33.3 Å². The Hall–Kier alpha value is -1.50. The maximum atomic E-state index is 5.39. The Morgan fingerprint density at radius 1 is 1.08 bits per heavy atom. The predicted molar refractivity (Wildman–Crippen MR) is 99.7 cm³/mol. The van der Waals surface area contributed by atoms with Crippen LogP contribution in [0.5, 0.6) is 5.88 Å². The molecule has 0 aromatic carbocycles. The first kappa shape index (κ1) is 16.9. The van der Waals surface area contributed by atoms with E-state index in [9.17, 15) is 0 Å². The van der Waals surface area contributed by atoms with Gasteiger partial charge in [0.05, 0.1) is 13.7 Å². The fourth-order valence-electron chi connectivity index (χ4n) is 4.25. The third-order valence-electron chi connectivity index (χ3n) is 5.71. The maximum absolute atomic E-state index is 5.39. The molecule has 4 heterocycles. The average Bonchev–Trinajstić information content (AvgIpc) is 3.29. The van der Waals surface area contributed by atoms with E-state index in [0.29, 0.717) is 5.41 Å². The zero-order valence-corrected chi connectivity index (χ0v) is 15.7. The van der Waals surface area contributed by atoms with Gasteiger partial charge in [-0.15, -0.1) is 11.3 Å². The van der Waals surface area contributed by atoms with Gasteiger partial charge >= 0.3 is 0 Å². The normalized spacial score (nSPS) is 21.0. The number of likely N-dealkylation sites (tertiary alicyclic amines) is 2. The van der Waals surface area contributed by atoms with Crippen LogP contribution in [0.25, 0.3) is 0 Å². The lowest BCUT2D eigenvalue weighted by atomic mass is 9.77. The molecule has 0 atom stereocenters. The number of hydrogen-bond acceptors (Lipinski definition) is 6. The molecule has 4 rings (SSSR count). The number of pyridine rings is 1. The lowest BCUT2D eigenvalue weighted by molar-refractivity contribution is 0.101. The Balaban J connectivity index is 1.31. The molecule has 0 unspecified atom stereocenters. The first-order valence-corrected chi connectivity index (χ1v) is 9.95. The van der Waals surface area contributed by atoms with Gasteiger partial charge in [0.2, 0.25) is 5.88 Å². The summed E-state index contributed by atoms with van der Waals surface area (Å²) in [6, 6.07) is 4.12. The van der Waals surface area contributed by atoms with E-state index in [2.05, 4.69) is 31.2 Å². The Kier molecular flexibility index (Phi) is 5.01. The van der Waals surface area contributed by atoms with Gasteiger partial charge in [0.1, 0.15) is 5.01 Å². The maximum Gasteiger partial charge on any atom is 0.217 e. The zero-order chi connectivity index (χ0) is 17.1. The Labute approximate surface area is 153 Å². The van der Waals surface area contributed by atoms with E-state index in [1.165, 1.54) is 56.0 Å². The van der Waals surface area contributed by atoms with E-state index in [4.69, 9.17) is 4.74 Å².